The largest absolute Gasteiger partial charge is 0.379 e. The fourth-order valence-corrected chi connectivity index (χ4v) is 2.73. The number of carbonyl (C=O) groups excluding carboxylic acids is 1. The lowest BCUT2D eigenvalue weighted by Crippen LogP contribution is -2.47. The third-order valence-corrected chi connectivity index (χ3v) is 4.11. The molecule has 5 nitrogen and oxygen atoms in total. The average molecular weight is 317 g/mol. The van der Waals surface area contributed by atoms with Crippen molar-refractivity contribution in [1.29, 1.82) is 0 Å². The van der Waals surface area contributed by atoms with Crippen LogP contribution in [0.25, 0.3) is 0 Å². The Morgan fingerprint density at radius 2 is 2.18 bits per heavy atom. The summed E-state index contributed by atoms with van der Waals surface area (Å²) < 4.78 is 0. The molecule has 0 saturated carbocycles. The van der Waals surface area contributed by atoms with E-state index in [0.717, 1.165) is 11.4 Å². The van der Waals surface area contributed by atoms with Gasteiger partial charge in [0.25, 0.3) is 5.91 Å². The third kappa shape index (κ3) is 2.64. The molecule has 1 atom stereocenters. The second-order valence-electron chi connectivity index (χ2n) is 5.65. The third-order valence-electron chi connectivity index (χ3n) is 3.84. The number of halogens is 1. The van der Waals surface area contributed by atoms with Crippen LogP contribution in [0.2, 0.25) is 5.02 Å². The highest BCUT2D eigenvalue weighted by atomic mass is 35.5. The Labute approximate surface area is 134 Å². The molecular formula is C16H17ClN4O. The van der Waals surface area contributed by atoms with E-state index in [2.05, 4.69) is 29.1 Å². The summed E-state index contributed by atoms with van der Waals surface area (Å²) in [6.07, 6.45) is 2.78. The van der Waals surface area contributed by atoms with E-state index in [1.165, 1.54) is 12.5 Å². The van der Waals surface area contributed by atoms with Crippen molar-refractivity contribution in [2.75, 3.05) is 16.8 Å². The Bertz CT molecular complexity index is 704. The van der Waals surface area contributed by atoms with Gasteiger partial charge in [-0.3, -0.25) is 4.79 Å². The number of fused-ring (bicyclic) bond motifs is 1. The Morgan fingerprint density at radius 1 is 1.41 bits per heavy atom. The summed E-state index contributed by atoms with van der Waals surface area (Å²) in [7, 11) is 0. The van der Waals surface area contributed by atoms with Gasteiger partial charge in [0.1, 0.15) is 6.33 Å². The molecule has 6 heteroatoms. The van der Waals surface area contributed by atoms with Crippen LogP contribution < -0.4 is 10.2 Å². The first-order valence-electron chi connectivity index (χ1n) is 7.21. The van der Waals surface area contributed by atoms with Crippen LogP contribution >= 0.6 is 11.6 Å². The highest BCUT2D eigenvalue weighted by molar-refractivity contribution is 6.34. The van der Waals surface area contributed by atoms with E-state index in [-0.39, 0.29) is 22.7 Å². The lowest BCUT2D eigenvalue weighted by molar-refractivity contribution is 0.0979. The lowest BCUT2D eigenvalue weighted by atomic mass is 9.99. The summed E-state index contributed by atoms with van der Waals surface area (Å²) in [6.45, 7) is 4.84. The molecule has 1 N–H and O–H groups in total. The van der Waals surface area contributed by atoms with Crippen molar-refractivity contribution in [1.82, 2.24) is 9.97 Å². The number of amides is 1. The van der Waals surface area contributed by atoms with Crippen LogP contribution in [0.3, 0.4) is 0 Å². The van der Waals surface area contributed by atoms with Gasteiger partial charge in [0.15, 0.2) is 5.69 Å². The van der Waals surface area contributed by atoms with Gasteiger partial charge < -0.3 is 10.2 Å². The van der Waals surface area contributed by atoms with Crippen molar-refractivity contribution in [2.45, 2.75) is 19.9 Å². The Balaban J connectivity index is 2.02. The number of nitrogens with zero attached hydrogens (tertiary/aromatic N) is 3. The molecule has 0 bridgehead atoms. The quantitative estimate of drug-likeness (QED) is 0.924. The molecule has 2 heterocycles. The molecule has 1 aromatic heterocycles. The molecular weight excluding hydrogens is 300 g/mol. The van der Waals surface area contributed by atoms with Crippen LogP contribution in [0.5, 0.6) is 0 Å². The molecule has 0 aliphatic carbocycles. The molecule has 0 unspecified atom stereocenters. The molecule has 0 radical (unpaired) electrons. The van der Waals surface area contributed by atoms with E-state index >= 15 is 0 Å². The summed E-state index contributed by atoms with van der Waals surface area (Å²) in [5, 5.41) is 3.76. The predicted molar refractivity (Wildman–Crippen MR) is 87.4 cm³/mol. The van der Waals surface area contributed by atoms with Gasteiger partial charge in [-0.2, -0.15) is 0 Å². The number of para-hydroxylation sites is 2. The summed E-state index contributed by atoms with van der Waals surface area (Å²) in [5.41, 5.74) is 2.03. The zero-order valence-corrected chi connectivity index (χ0v) is 13.2. The van der Waals surface area contributed by atoms with Gasteiger partial charge in [0.05, 0.1) is 16.4 Å². The molecule has 2 aromatic rings. The number of carbonyl (C=O) groups is 1. The number of nitrogens with one attached hydrogen (secondary N) is 1. The van der Waals surface area contributed by atoms with Crippen molar-refractivity contribution in [3.63, 3.8) is 0 Å². The molecule has 1 aliphatic rings. The number of hydrogen-bond donors (Lipinski definition) is 1. The van der Waals surface area contributed by atoms with Crippen molar-refractivity contribution in [3.05, 3.63) is 47.5 Å². The minimum atomic E-state index is -0.202. The maximum atomic E-state index is 12.9. The second-order valence-corrected chi connectivity index (χ2v) is 6.05. The predicted octanol–water partition coefficient (Wildman–Crippen LogP) is 3.23. The summed E-state index contributed by atoms with van der Waals surface area (Å²) >= 11 is 6.08. The van der Waals surface area contributed by atoms with Crippen LogP contribution in [0.15, 0.2) is 36.8 Å². The standard InChI is InChI=1S/C16H17ClN4O/c1-10(2)13-8-21(14-6-4-3-5-12(14)20-13)16(22)15-11(17)7-18-9-19-15/h3-7,9-10,13,20H,8H2,1-2H3/t13-/m1/s1. The SMILES string of the molecule is CC(C)[C@H]1CN(C(=O)c2ncncc2Cl)c2ccccc2N1. The minimum Gasteiger partial charge on any atom is -0.379 e. The van der Waals surface area contributed by atoms with Gasteiger partial charge in [-0.25, -0.2) is 9.97 Å². The first-order valence-corrected chi connectivity index (χ1v) is 7.58. The van der Waals surface area contributed by atoms with Crippen LogP contribution in [0.4, 0.5) is 11.4 Å². The molecule has 3 rings (SSSR count). The highest BCUT2D eigenvalue weighted by Crippen LogP contribution is 2.33. The van der Waals surface area contributed by atoms with E-state index in [1.807, 2.05) is 24.3 Å². The average Bonchev–Trinajstić information content (AvgIpc) is 2.53. The first-order chi connectivity index (χ1) is 10.6. The Hall–Kier alpha value is -2.14. The van der Waals surface area contributed by atoms with E-state index < -0.39 is 0 Å². The Morgan fingerprint density at radius 3 is 2.91 bits per heavy atom. The van der Waals surface area contributed by atoms with E-state index in [4.69, 9.17) is 11.6 Å². The number of rotatable bonds is 2. The molecule has 114 valence electrons. The highest BCUT2D eigenvalue weighted by Gasteiger charge is 2.31. The van der Waals surface area contributed by atoms with Crippen molar-refractivity contribution >= 4 is 28.9 Å². The number of aromatic nitrogens is 2. The lowest BCUT2D eigenvalue weighted by Gasteiger charge is -2.37. The maximum absolute atomic E-state index is 12.9. The minimum absolute atomic E-state index is 0.180. The molecule has 22 heavy (non-hydrogen) atoms. The van der Waals surface area contributed by atoms with Gasteiger partial charge in [-0.05, 0) is 18.1 Å². The maximum Gasteiger partial charge on any atom is 0.278 e. The Kier molecular flexibility index (Phi) is 3.98. The van der Waals surface area contributed by atoms with Crippen molar-refractivity contribution in [2.24, 2.45) is 5.92 Å². The zero-order chi connectivity index (χ0) is 15.7. The number of anilines is 2. The van der Waals surface area contributed by atoms with Crippen LogP contribution in [0, 0.1) is 5.92 Å². The second kappa shape index (κ2) is 5.93. The molecule has 1 amide bonds. The van der Waals surface area contributed by atoms with Gasteiger partial charge in [-0.1, -0.05) is 37.6 Å². The summed E-state index contributed by atoms with van der Waals surface area (Å²) in [6, 6.07) is 7.95. The van der Waals surface area contributed by atoms with Crippen LogP contribution in [0.1, 0.15) is 24.3 Å². The fraction of sp³-hybridized carbons (Fsp3) is 0.312. The first kappa shape index (κ1) is 14.8. The molecule has 0 saturated heterocycles. The summed E-state index contributed by atoms with van der Waals surface area (Å²) in [5.74, 6) is 0.191. The van der Waals surface area contributed by atoms with E-state index in [0.29, 0.717) is 12.5 Å². The van der Waals surface area contributed by atoms with E-state index in [9.17, 15) is 4.79 Å². The van der Waals surface area contributed by atoms with Gasteiger partial charge in [0, 0.05) is 18.8 Å². The normalized spacial score (nSPS) is 17.1. The van der Waals surface area contributed by atoms with Gasteiger partial charge >= 0.3 is 0 Å². The van der Waals surface area contributed by atoms with E-state index in [1.54, 1.807) is 4.90 Å². The number of hydrogen-bond acceptors (Lipinski definition) is 4. The van der Waals surface area contributed by atoms with Gasteiger partial charge in [0.2, 0.25) is 0 Å². The topological polar surface area (TPSA) is 58.1 Å². The van der Waals surface area contributed by atoms with Crippen molar-refractivity contribution < 1.29 is 4.79 Å². The molecule has 1 aliphatic heterocycles. The fourth-order valence-electron chi connectivity index (χ4n) is 2.54. The van der Waals surface area contributed by atoms with Crippen LogP contribution in [-0.4, -0.2) is 28.5 Å². The monoisotopic (exact) mass is 316 g/mol. The molecule has 0 spiro atoms. The molecule has 0 fully saturated rings. The smallest absolute Gasteiger partial charge is 0.278 e. The van der Waals surface area contributed by atoms with Crippen molar-refractivity contribution in [3.8, 4) is 0 Å². The number of benzene rings is 1. The molecule has 1 aromatic carbocycles. The van der Waals surface area contributed by atoms with Crippen LogP contribution in [-0.2, 0) is 0 Å². The zero-order valence-electron chi connectivity index (χ0n) is 12.5. The summed E-state index contributed by atoms with van der Waals surface area (Å²) in [4.78, 5) is 22.5. The van der Waals surface area contributed by atoms with Gasteiger partial charge in [-0.15, -0.1) is 0 Å².